The van der Waals surface area contributed by atoms with Crippen molar-refractivity contribution < 1.29 is 9.53 Å². The van der Waals surface area contributed by atoms with Gasteiger partial charge in [-0.3, -0.25) is 0 Å². The summed E-state index contributed by atoms with van der Waals surface area (Å²) < 4.78 is 5.28. The molecule has 1 unspecified atom stereocenters. The Morgan fingerprint density at radius 1 is 1.53 bits per heavy atom. The van der Waals surface area contributed by atoms with Crippen LogP contribution in [0.15, 0.2) is 36.9 Å². The van der Waals surface area contributed by atoms with Gasteiger partial charge in [-0.1, -0.05) is 35.9 Å². The van der Waals surface area contributed by atoms with E-state index in [1.165, 1.54) is 0 Å². The molecule has 0 aliphatic carbocycles. The van der Waals surface area contributed by atoms with E-state index in [1.807, 2.05) is 31.2 Å². The fourth-order valence-electron chi connectivity index (χ4n) is 1.39. The van der Waals surface area contributed by atoms with Crippen LogP contribution in [0.25, 0.3) is 0 Å². The topological polar surface area (TPSA) is 26.3 Å². The Morgan fingerprint density at radius 3 is 2.93 bits per heavy atom. The van der Waals surface area contributed by atoms with E-state index in [-0.39, 0.29) is 5.92 Å². The Labute approximate surface area is 90.6 Å². The van der Waals surface area contributed by atoms with Gasteiger partial charge in [0.1, 0.15) is 6.29 Å². The van der Waals surface area contributed by atoms with E-state index in [2.05, 4.69) is 6.58 Å². The quantitative estimate of drug-likeness (QED) is 0.404. The molecule has 15 heavy (non-hydrogen) atoms. The van der Waals surface area contributed by atoms with Gasteiger partial charge in [-0.05, 0) is 12.5 Å². The van der Waals surface area contributed by atoms with Gasteiger partial charge in [-0.2, -0.15) is 0 Å². The van der Waals surface area contributed by atoms with Crippen molar-refractivity contribution in [2.75, 3.05) is 13.2 Å². The number of hydrogen-bond acceptors (Lipinski definition) is 2. The lowest BCUT2D eigenvalue weighted by Crippen LogP contribution is -2.09. The average molecular weight is 204 g/mol. The first-order chi connectivity index (χ1) is 7.27. The lowest BCUT2D eigenvalue weighted by atomic mass is 10.00. The van der Waals surface area contributed by atoms with E-state index in [4.69, 9.17) is 4.74 Å². The van der Waals surface area contributed by atoms with Crippen LogP contribution in [0.3, 0.4) is 0 Å². The van der Waals surface area contributed by atoms with E-state index in [0.29, 0.717) is 13.2 Å². The second-order valence-corrected chi connectivity index (χ2v) is 3.48. The Morgan fingerprint density at radius 2 is 2.33 bits per heavy atom. The molecule has 1 aromatic carbocycles. The molecule has 80 valence electrons. The summed E-state index contributed by atoms with van der Waals surface area (Å²) in [5, 5.41) is 0. The first kappa shape index (κ1) is 11.7. The molecule has 0 aliphatic heterocycles. The molecule has 0 amide bonds. The number of carbonyl (C=O) groups is 1. The molecule has 0 bridgehead atoms. The summed E-state index contributed by atoms with van der Waals surface area (Å²) in [6, 6.07) is 7.92. The zero-order valence-corrected chi connectivity index (χ0v) is 8.98. The van der Waals surface area contributed by atoms with Crippen LogP contribution in [0.5, 0.6) is 0 Å². The van der Waals surface area contributed by atoms with Crippen LogP contribution in [-0.2, 0) is 9.53 Å². The summed E-state index contributed by atoms with van der Waals surface area (Å²) in [7, 11) is 0. The highest BCUT2D eigenvalue weighted by molar-refractivity contribution is 5.62. The van der Waals surface area contributed by atoms with Crippen molar-refractivity contribution in [1.29, 1.82) is 0 Å². The zero-order valence-electron chi connectivity index (χ0n) is 8.98. The molecule has 0 saturated carbocycles. The minimum Gasteiger partial charge on any atom is -0.376 e. The lowest BCUT2D eigenvalue weighted by molar-refractivity contribution is -0.110. The number of benzene rings is 1. The maximum atomic E-state index is 10.9. The molecule has 0 saturated heterocycles. The molecule has 0 spiro atoms. The van der Waals surface area contributed by atoms with Crippen LogP contribution < -0.4 is 0 Å². The summed E-state index contributed by atoms with van der Waals surface area (Å²) in [6.07, 6.45) is 2.61. The van der Waals surface area contributed by atoms with Gasteiger partial charge in [0.15, 0.2) is 0 Å². The van der Waals surface area contributed by atoms with Gasteiger partial charge in [0.25, 0.3) is 0 Å². The highest BCUT2D eigenvalue weighted by atomic mass is 16.5. The minimum absolute atomic E-state index is 0.176. The molecule has 1 aromatic rings. The summed E-state index contributed by atoms with van der Waals surface area (Å²) in [6.45, 7) is 6.46. The van der Waals surface area contributed by atoms with Gasteiger partial charge < -0.3 is 9.53 Å². The molecular weight excluding hydrogens is 188 g/mol. The van der Waals surface area contributed by atoms with Crippen LogP contribution in [0, 0.1) is 6.92 Å². The highest BCUT2D eigenvalue weighted by Crippen LogP contribution is 2.15. The molecule has 0 aliphatic rings. The van der Waals surface area contributed by atoms with Gasteiger partial charge >= 0.3 is 0 Å². The molecule has 0 aromatic heterocycles. The van der Waals surface area contributed by atoms with Gasteiger partial charge in [-0.15, -0.1) is 6.58 Å². The average Bonchev–Trinajstić information content (AvgIpc) is 2.24. The van der Waals surface area contributed by atoms with E-state index in [0.717, 1.165) is 17.4 Å². The highest BCUT2D eigenvalue weighted by Gasteiger charge is 2.09. The maximum absolute atomic E-state index is 10.9. The molecule has 1 rings (SSSR count). The third-order valence-corrected chi connectivity index (χ3v) is 2.17. The fraction of sp³-hybridized carbons (Fsp3) is 0.308. The number of carbonyl (C=O) groups excluding carboxylic acids is 1. The number of rotatable bonds is 6. The number of aldehydes is 1. The van der Waals surface area contributed by atoms with Gasteiger partial charge in [-0.25, -0.2) is 0 Å². The van der Waals surface area contributed by atoms with Crippen molar-refractivity contribution in [1.82, 2.24) is 0 Å². The Hall–Kier alpha value is -1.41. The van der Waals surface area contributed by atoms with Crippen LogP contribution in [0.2, 0.25) is 0 Å². The summed E-state index contributed by atoms with van der Waals surface area (Å²) >= 11 is 0. The molecule has 0 radical (unpaired) electrons. The van der Waals surface area contributed by atoms with Crippen LogP contribution >= 0.6 is 0 Å². The van der Waals surface area contributed by atoms with Gasteiger partial charge in [0, 0.05) is 0 Å². The smallest absolute Gasteiger partial charge is 0.129 e. The second kappa shape index (κ2) is 6.14. The Kier molecular flexibility index (Phi) is 4.78. The standard InChI is InChI=1S/C13H16O2/c1-3-7-15-10-13(9-14)12-6-4-5-11(2)8-12/h3-6,8-9,13H,1,7,10H2,2H3. The maximum Gasteiger partial charge on any atom is 0.129 e. The second-order valence-electron chi connectivity index (χ2n) is 3.48. The predicted octanol–water partition coefficient (Wildman–Crippen LogP) is 2.48. The monoisotopic (exact) mass is 204 g/mol. The summed E-state index contributed by atoms with van der Waals surface area (Å²) in [4.78, 5) is 10.9. The Balaban J connectivity index is 2.65. The molecule has 2 heteroatoms. The molecular formula is C13H16O2. The van der Waals surface area contributed by atoms with Crippen molar-refractivity contribution in [2.45, 2.75) is 12.8 Å². The first-order valence-corrected chi connectivity index (χ1v) is 4.98. The fourth-order valence-corrected chi connectivity index (χ4v) is 1.39. The van der Waals surface area contributed by atoms with E-state index in [9.17, 15) is 4.79 Å². The van der Waals surface area contributed by atoms with E-state index >= 15 is 0 Å². The minimum atomic E-state index is -0.176. The third kappa shape index (κ3) is 3.68. The van der Waals surface area contributed by atoms with Crippen LogP contribution in [0.4, 0.5) is 0 Å². The van der Waals surface area contributed by atoms with Crippen molar-refractivity contribution in [2.24, 2.45) is 0 Å². The van der Waals surface area contributed by atoms with Crippen molar-refractivity contribution in [3.63, 3.8) is 0 Å². The zero-order chi connectivity index (χ0) is 11.1. The van der Waals surface area contributed by atoms with Crippen LogP contribution in [0.1, 0.15) is 17.0 Å². The summed E-state index contributed by atoms with van der Waals surface area (Å²) in [5.74, 6) is -0.176. The number of ether oxygens (including phenoxy) is 1. The third-order valence-electron chi connectivity index (χ3n) is 2.17. The van der Waals surface area contributed by atoms with E-state index in [1.54, 1.807) is 6.08 Å². The first-order valence-electron chi connectivity index (χ1n) is 4.98. The van der Waals surface area contributed by atoms with Crippen molar-refractivity contribution in [3.8, 4) is 0 Å². The number of aryl methyl sites for hydroxylation is 1. The van der Waals surface area contributed by atoms with Crippen molar-refractivity contribution >= 4 is 6.29 Å². The molecule has 1 atom stereocenters. The van der Waals surface area contributed by atoms with Crippen molar-refractivity contribution in [3.05, 3.63) is 48.0 Å². The van der Waals surface area contributed by atoms with E-state index < -0.39 is 0 Å². The largest absolute Gasteiger partial charge is 0.376 e. The normalized spacial score (nSPS) is 12.1. The molecule has 0 N–H and O–H groups in total. The Bertz CT molecular complexity index is 331. The predicted molar refractivity (Wildman–Crippen MR) is 61.0 cm³/mol. The van der Waals surface area contributed by atoms with Gasteiger partial charge in [0.2, 0.25) is 0 Å². The van der Waals surface area contributed by atoms with Crippen LogP contribution in [-0.4, -0.2) is 19.5 Å². The molecule has 0 heterocycles. The SMILES string of the molecule is C=CCOCC(C=O)c1cccc(C)c1. The lowest BCUT2D eigenvalue weighted by Gasteiger charge is -2.10. The number of hydrogen-bond donors (Lipinski definition) is 0. The summed E-state index contributed by atoms with van der Waals surface area (Å²) in [5.41, 5.74) is 2.16. The molecule has 0 fully saturated rings. The van der Waals surface area contributed by atoms with Gasteiger partial charge in [0.05, 0.1) is 19.1 Å². The molecule has 2 nitrogen and oxygen atoms in total.